The number of nitrogens with one attached hydrogen (secondary N) is 2. The predicted molar refractivity (Wildman–Crippen MR) is 137 cm³/mol. The van der Waals surface area contributed by atoms with Crippen molar-refractivity contribution in [1.82, 2.24) is 5.43 Å². The molecule has 0 fully saturated rings. The molecule has 3 aromatic carbocycles. The zero-order valence-electron chi connectivity index (χ0n) is 18.2. The fourth-order valence-electron chi connectivity index (χ4n) is 2.78. The highest BCUT2D eigenvalue weighted by atomic mass is 79.9. The van der Waals surface area contributed by atoms with Gasteiger partial charge in [0.2, 0.25) is 0 Å². The van der Waals surface area contributed by atoms with Gasteiger partial charge in [-0.15, -0.1) is 0 Å². The Morgan fingerprint density at radius 1 is 0.971 bits per heavy atom. The van der Waals surface area contributed by atoms with Gasteiger partial charge >= 0.3 is 11.8 Å². The van der Waals surface area contributed by atoms with Crippen LogP contribution >= 0.6 is 39.1 Å². The van der Waals surface area contributed by atoms with E-state index in [4.69, 9.17) is 32.7 Å². The number of ether oxygens (including phenoxy) is 2. The number of halogens is 3. The molecule has 2 N–H and O–H groups in total. The van der Waals surface area contributed by atoms with Gasteiger partial charge in [0.1, 0.15) is 6.61 Å². The molecule has 7 nitrogen and oxygen atoms in total. The Labute approximate surface area is 215 Å². The number of hydrogen-bond donors (Lipinski definition) is 2. The molecular weight excluding hydrogens is 545 g/mol. The van der Waals surface area contributed by atoms with Crippen molar-refractivity contribution in [3.8, 4) is 11.5 Å². The minimum Gasteiger partial charge on any atom is -0.493 e. The molecular formula is C24H20BrCl2N3O4. The van der Waals surface area contributed by atoms with Gasteiger partial charge in [0.15, 0.2) is 11.5 Å². The minimum atomic E-state index is -0.894. The van der Waals surface area contributed by atoms with Crippen LogP contribution in [0.15, 0.2) is 70.2 Å². The smallest absolute Gasteiger partial charge is 0.329 e. The van der Waals surface area contributed by atoms with Gasteiger partial charge in [0.05, 0.1) is 12.8 Å². The van der Waals surface area contributed by atoms with Crippen LogP contribution in [0.25, 0.3) is 0 Å². The fraction of sp³-hybridized carbons (Fsp3) is 0.125. The number of methoxy groups -OCH3 is 1. The van der Waals surface area contributed by atoms with Gasteiger partial charge in [-0.05, 0) is 61.5 Å². The highest BCUT2D eigenvalue weighted by Crippen LogP contribution is 2.30. The largest absolute Gasteiger partial charge is 0.493 e. The number of hydrogen-bond acceptors (Lipinski definition) is 5. The molecule has 0 aliphatic heterocycles. The summed E-state index contributed by atoms with van der Waals surface area (Å²) in [5.74, 6) is -0.755. The molecule has 10 heteroatoms. The molecule has 2 amide bonds. The summed E-state index contributed by atoms with van der Waals surface area (Å²) in [6.07, 6.45) is 0. The van der Waals surface area contributed by atoms with Gasteiger partial charge in [-0.3, -0.25) is 9.59 Å². The maximum Gasteiger partial charge on any atom is 0.329 e. The standard InChI is InChI=1S/C24H20BrCl2N3O4/c1-14(29-30-24(32)23(31)28-19-8-5-17(25)6-9-19)15-4-10-21(22(11-15)33-2)34-13-16-3-7-18(26)12-20(16)27/h3-12H,13H2,1-2H3,(H,28,31)(H,30,32)/b29-14+. The monoisotopic (exact) mass is 563 g/mol. The summed E-state index contributed by atoms with van der Waals surface area (Å²) < 4.78 is 12.1. The lowest BCUT2D eigenvalue weighted by molar-refractivity contribution is -0.136. The normalized spacial score (nSPS) is 11.0. The number of hydrazone groups is 1. The first-order valence-corrected chi connectivity index (χ1v) is 11.5. The molecule has 34 heavy (non-hydrogen) atoms. The lowest BCUT2D eigenvalue weighted by atomic mass is 10.1. The lowest BCUT2D eigenvalue weighted by Crippen LogP contribution is -2.32. The van der Waals surface area contributed by atoms with Crippen LogP contribution in [-0.4, -0.2) is 24.6 Å². The summed E-state index contributed by atoms with van der Waals surface area (Å²) in [5, 5.41) is 7.56. The second-order valence-electron chi connectivity index (χ2n) is 6.99. The number of rotatable bonds is 7. The van der Waals surface area contributed by atoms with E-state index in [1.165, 1.54) is 7.11 Å². The highest BCUT2D eigenvalue weighted by Gasteiger charge is 2.14. The molecule has 0 saturated carbocycles. The van der Waals surface area contributed by atoms with Crippen molar-refractivity contribution in [2.45, 2.75) is 13.5 Å². The minimum absolute atomic E-state index is 0.225. The van der Waals surface area contributed by atoms with Crippen LogP contribution < -0.4 is 20.2 Å². The first kappa shape index (κ1) is 25.6. The van der Waals surface area contributed by atoms with E-state index in [0.29, 0.717) is 38.5 Å². The summed E-state index contributed by atoms with van der Waals surface area (Å²) in [5.41, 5.74) is 4.66. The quantitative estimate of drug-likeness (QED) is 0.215. The van der Waals surface area contributed by atoms with Gasteiger partial charge in [-0.1, -0.05) is 45.2 Å². The van der Waals surface area contributed by atoms with Crippen molar-refractivity contribution in [2.24, 2.45) is 5.10 Å². The van der Waals surface area contributed by atoms with Crippen molar-refractivity contribution in [1.29, 1.82) is 0 Å². The van der Waals surface area contributed by atoms with Crippen LogP contribution in [0.1, 0.15) is 18.1 Å². The zero-order chi connectivity index (χ0) is 24.7. The van der Waals surface area contributed by atoms with Gasteiger partial charge < -0.3 is 14.8 Å². The van der Waals surface area contributed by atoms with E-state index in [9.17, 15) is 9.59 Å². The highest BCUT2D eigenvalue weighted by molar-refractivity contribution is 9.10. The molecule has 3 rings (SSSR count). The van der Waals surface area contributed by atoms with Crippen LogP contribution in [0, 0.1) is 0 Å². The predicted octanol–water partition coefficient (Wildman–Crippen LogP) is 5.82. The van der Waals surface area contributed by atoms with Crippen molar-refractivity contribution >= 4 is 62.3 Å². The average Bonchev–Trinajstić information content (AvgIpc) is 2.83. The second kappa shape index (κ2) is 11.9. The van der Waals surface area contributed by atoms with E-state index in [1.54, 1.807) is 67.6 Å². The van der Waals surface area contributed by atoms with Crippen molar-refractivity contribution < 1.29 is 19.1 Å². The molecule has 0 aromatic heterocycles. The number of nitrogens with zero attached hydrogens (tertiary/aromatic N) is 1. The number of carbonyl (C=O) groups is 2. The van der Waals surface area contributed by atoms with E-state index in [1.807, 2.05) is 0 Å². The molecule has 0 atom stereocenters. The molecule has 0 aliphatic rings. The van der Waals surface area contributed by atoms with Crippen molar-refractivity contribution in [2.75, 3.05) is 12.4 Å². The van der Waals surface area contributed by atoms with Gasteiger partial charge in [0, 0.05) is 31.3 Å². The number of carbonyl (C=O) groups excluding carboxylic acids is 2. The molecule has 0 radical (unpaired) electrons. The summed E-state index contributed by atoms with van der Waals surface area (Å²) in [6, 6.07) is 17.2. The Morgan fingerprint density at radius 2 is 1.71 bits per heavy atom. The molecule has 0 bridgehead atoms. The van der Waals surface area contributed by atoms with Crippen molar-refractivity contribution in [3.63, 3.8) is 0 Å². The molecule has 0 spiro atoms. The van der Waals surface area contributed by atoms with Gasteiger partial charge in [-0.2, -0.15) is 5.10 Å². The molecule has 0 saturated heterocycles. The summed E-state index contributed by atoms with van der Waals surface area (Å²) in [7, 11) is 1.52. The third-order valence-corrected chi connectivity index (χ3v) is 5.73. The first-order valence-electron chi connectivity index (χ1n) is 9.93. The van der Waals surface area contributed by atoms with Crippen LogP contribution in [0.2, 0.25) is 10.0 Å². The van der Waals surface area contributed by atoms with E-state index < -0.39 is 11.8 Å². The Balaban J connectivity index is 1.63. The van der Waals surface area contributed by atoms with Crippen LogP contribution in [0.5, 0.6) is 11.5 Å². The van der Waals surface area contributed by atoms with Crippen LogP contribution in [0.3, 0.4) is 0 Å². The van der Waals surface area contributed by atoms with E-state index in [0.717, 1.165) is 10.0 Å². The second-order valence-corrected chi connectivity index (χ2v) is 8.75. The van der Waals surface area contributed by atoms with E-state index in [-0.39, 0.29) is 6.61 Å². The van der Waals surface area contributed by atoms with E-state index >= 15 is 0 Å². The SMILES string of the molecule is COc1cc(/C(C)=N/NC(=O)C(=O)Nc2ccc(Br)cc2)ccc1OCc1ccc(Cl)cc1Cl. The summed E-state index contributed by atoms with van der Waals surface area (Å²) in [6.45, 7) is 1.91. The average molecular weight is 565 g/mol. The van der Waals surface area contributed by atoms with Crippen LogP contribution in [0.4, 0.5) is 5.69 Å². The van der Waals surface area contributed by atoms with E-state index in [2.05, 4.69) is 31.8 Å². The Morgan fingerprint density at radius 3 is 2.38 bits per heavy atom. The maximum atomic E-state index is 12.1. The lowest BCUT2D eigenvalue weighted by Gasteiger charge is -2.13. The Bertz CT molecular complexity index is 1230. The van der Waals surface area contributed by atoms with Crippen molar-refractivity contribution in [3.05, 3.63) is 86.3 Å². The van der Waals surface area contributed by atoms with Gasteiger partial charge in [0.25, 0.3) is 0 Å². The number of amides is 2. The molecule has 0 aliphatic carbocycles. The summed E-state index contributed by atoms with van der Waals surface area (Å²) >= 11 is 15.4. The maximum absolute atomic E-state index is 12.1. The first-order chi connectivity index (χ1) is 16.3. The third kappa shape index (κ3) is 6.96. The fourth-order valence-corrected chi connectivity index (χ4v) is 3.50. The third-order valence-electron chi connectivity index (χ3n) is 4.61. The summed E-state index contributed by atoms with van der Waals surface area (Å²) in [4.78, 5) is 24.2. The molecule has 176 valence electrons. The van der Waals surface area contributed by atoms with Gasteiger partial charge in [-0.25, -0.2) is 5.43 Å². The van der Waals surface area contributed by atoms with Crippen LogP contribution in [-0.2, 0) is 16.2 Å². The zero-order valence-corrected chi connectivity index (χ0v) is 21.3. The molecule has 3 aromatic rings. The Kier molecular flexibility index (Phi) is 8.92. The number of anilines is 1. The topological polar surface area (TPSA) is 89.0 Å². The Hall–Kier alpha value is -3.07. The molecule has 0 heterocycles. The molecule has 0 unspecified atom stereocenters. The number of benzene rings is 3.